The molecule has 0 aromatic heterocycles. The Hall–Kier alpha value is -2.89. The molecule has 0 aliphatic carbocycles. The van der Waals surface area contributed by atoms with Crippen molar-refractivity contribution < 1.29 is 14.7 Å². The van der Waals surface area contributed by atoms with Crippen molar-refractivity contribution >= 4 is 22.9 Å². The van der Waals surface area contributed by atoms with Gasteiger partial charge < -0.3 is 5.11 Å². The number of hydrogen-bond acceptors (Lipinski definition) is 4. The lowest BCUT2D eigenvalue weighted by Gasteiger charge is -2.51. The third kappa shape index (κ3) is 2.95. The number of nitrogens with zero attached hydrogens (tertiary/aromatic N) is 1. The van der Waals surface area contributed by atoms with Gasteiger partial charge in [-0.25, -0.2) is 0 Å². The Bertz CT molecular complexity index is 963. The molecule has 1 saturated heterocycles. The van der Waals surface area contributed by atoms with Crippen LogP contribution in [-0.4, -0.2) is 21.2 Å². The number of amides is 2. The molecule has 4 rings (SSSR count). The van der Waals surface area contributed by atoms with Crippen molar-refractivity contribution in [3.8, 4) is 0 Å². The minimum Gasteiger partial charge on any atom is -0.373 e. The number of β-lactam (4-membered cyclic amide) rings is 1. The van der Waals surface area contributed by atoms with E-state index < -0.39 is 22.8 Å². The molecular formula is C22H17NO3S. The summed E-state index contributed by atoms with van der Waals surface area (Å²) in [6.07, 6.45) is 0. The van der Waals surface area contributed by atoms with E-state index in [0.717, 1.165) is 21.6 Å². The molecule has 2 amide bonds. The molecule has 134 valence electrons. The molecule has 1 aliphatic heterocycles. The van der Waals surface area contributed by atoms with Crippen LogP contribution in [0.4, 0.5) is 4.79 Å². The Balaban J connectivity index is 1.72. The Morgan fingerprint density at radius 1 is 0.852 bits per heavy atom. The van der Waals surface area contributed by atoms with Gasteiger partial charge in [0, 0.05) is 4.90 Å². The van der Waals surface area contributed by atoms with E-state index in [1.54, 1.807) is 24.3 Å². The summed E-state index contributed by atoms with van der Waals surface area (Å²) in [5.74, 6) is -0.601. The van der Waals surface area contributed by atoms with E-state index in [0.29, 0.717) is 11.1 Å². The van der Waals surface area contributed by atoms with Crippen molar-refractivity contribution in [3.05, 3.63) is 102 Å². The zero-order chi connectivity index (χ0) is 18.9. The van der Waals surface area contributed by atoms with Gasteiger partial charge in [-0.15, -0.1) is 0 Å². The van der Waals surface area contributed by atoms with Gasteiger partial charge in [0.25, 0.3) is 11.1 Å². The lowest BCUT2D eigenvalue weighted by Crippen LogP contribution is -2.67. The van der Waals surface area contributed by atoms with Crippen molar-refractivity contribution in [2.45, 2.75) is 16.5 Å². The van der Waals surface area contributed by atoms with Crippen molar-refractivity contribution in [2.75, 3.05) is 0 Å². The molecular weight excluding hydrogens is 358 g/mol. The number of carbonyl (C=O) groups excluding carboxylic acids is 2. The first-order valence-corrected chi connectivity index (χ1v) is 9.37. The molecule has 27 heavy (non-hydrogen) atoms. The average molecular weight is 375 g/mol. The second-order valence-corrected chi connectivity index (χ2v) is 7.33. The van der Waals surface area contributed by atoms with Crippen LogP contribution in [0.25, 0.3) is 0 Å². The number of likely N-dealkylation sites (tertiary alicyclic amines) is 1. The van der Waals surface area contributed by atoms with Gasteiger partial charge in [-0.3, -0.25) is 14.5 Å². The maximum absolute atomic E-state index is 12.9. The fourth-order valence-corrected chi connectivity index (χ4v) is 4.15. The number of thioether (sulfide) groups is 1. The molecule has 4 nitrogen and oxygen atoms in total. The minimum absolute atomic E-state index is 0.402. The standard InChI is InChI=1S/C22H17NO3S/c24-20-22(26,17-12-6-2-7-13-17)19(16-10-4-1-5-11-16)23(20)21(25)27-18-14-8-3-9-15-18/h1-15,19,26H/t19-,22-/m1/s1. The highest BCUT2D eigenvalue weighted by Crippen LogP contribution is 2.51. The Morgan fingerprint density at radius 3 is 1.96 bits per heavy atom. The first-order chi connectivity index (χ1) is 13.1. The molecule has 1 N–H and O–H groups in total. The van der Waals surface area contributed by atoms with Crippen LogP contribution >= 0.6 is 11.8 Å². The predicted octanol–water partition coefficient (Wildman–Crippen LogP) is 4.37. The molecule has 3 aromatic carbocycles. The van der Waals surface area contributed by atoms with Gasteiger partial charge in [-0.1, -0.05) is 78.9 Å². The van der Waals surface area contributed by atoms with Crippen LogP contribution in [0.1, 0.15) is 17.2 Å². The van der Waals surface area contributed by atoms with Crippen LogP contribution < -0.4 is 0 Å². The third-order valence-electron chi connectivity index (χ3n) is 4.67. The summed E-state index contributed by atoms with van der Waals surface area (Å²) in [4.78, 5) is 27.7. The van der Waals surface area contributed by atoms with Gasteiger partial charge in [0.2, 0.25) is 0 Å². The summed E-state index contributed by atoms with van der Waals surface area (Å²) in [5.41, 5.74) is -0.557. The molecule has 1 fully saturated rings. The van der Waals surface area contributed by atoms with Crippen LogP contribution in [0, 0.1) is 0 Å². The van der Waals surface area contributed by atoms with Crippen molar-refractivity contribution in [1.29, 1.82) is 0 Å². The van der Waals surface area contributed by atoms with Crippen molar-refractivity contribution in [2.24, 2.45) is 0 Å². The summed E-state index contributed by atoms with van der Waals surface area (Å²) in [6, 6.07) is 26.3. The largest absolute Gasteiger partial charge is 0.373 e. The van der Waals surface area contributed by atoms with Gasteiger partial charge in [-0.2, -0.15) is 0 Å². The monoisotopic (exact) mass is 375 g/mol. The maximum atomic E-state index is 12.9. The van der Waals surface area contributed by atoms with Crippen molar-refractivity contribution in [1.82, 2.24) is 4.90 Å². The molecule has 1 aliphatic rings. The zero-order valence-electron chi connectivity index (χ0n) is 14.4. The first kappa shape index (κ1) is 17.5. The summed E-state index contributed by atoms with van der Waals surface area (Å²) in [6.45, 7) is 0. The Labute approximate surface area is 161 Å². The summed E-state index contributed by atoms with van der Waals surface area (Å²) >= 11 is 0.981. The number of carbonyl (C=O) groups is 2. The maximum Gasteiger partial charge on any atom is 0.293 e. The number of imide groups is 1. The van der Waals surface area contributed by atoms with E-state index in [4.69, 9.17) is 0 Å². The quantitative estimate of drug-likeness (QED) is 0.546. The van der Waals surface area contributed by atoms with Crippen molar-refractivity contribution in [3.63, 3.8) is 0 Å². The number of hydrogen-bond donors (Lipinski definition) is 1. The predicted molar refractivity (Wildman–Crippen MR) is 104 cm³/mol. The van der Waals surface area contributed by atoms with Crippen LogP contribution in [0.2, 0.25) is 0 Å². The van der Waals surface area contributed by atoms with Crippen LogP contribution in [0.5, 0.6) is 0 Å². The molecule has 0 saturated carbocycles. The second-order valence-electron chi connectivity index (χ2n) is 6.30. The highest BCUT2D eigenvalue weighted by molar-refractivity contribution is 8.13. The normalized spacial score (nSPS) is 21.6. The molecule has 1 heterocycles. The van der Waals surface area contributed by atoms with Crippen LogP contribution in [0.3, 0.4) is 0 Å². The fraction of sp³-hybridized carbons (Fsp3) is 0.0909. The fourth-order valence-electron chi connectivity index (χ4n) is 3.36. The SMILES string of the molecule is O=C(Sc1ccccc1)N1C(=O)[C@@](O)(c2ccccc2)[C@H]1c1ccccc1. The molecule has 0 unspecified atom stereocenters. The van der Waals surface area contributed by atoms with E-state index in [9.17, 15) is 14.7 Å². The average Bonchev–Trinajstić information content (AvgIpc) is 2.72. The molecule has 0 radical (unpaired) electrons. The lowest BCUT2D eigenvalue weighted by atomic mass is 9.74. The first-order valence-electron chi connectivity index (χ1n) is 8.55. The van der Waals surface area contributed by atoms with Gasteiger partial charge in [0.1, 0.15) is 6.04 Å². The number of aliphatic hydroxyl groups is 1. The second kappa shape index (κ2) is 7.02. The molecule has 2 atom stereocenters. The smallest absolute Gasteiger partial charge is 0.293 e. The summed E-state index contributed by atoms with van der Waals surface area (Å²) in [7, 11) is 0. The highest BCUT2D eigenvalue weighted by Gasteiger charge is 2.63. The highest BCUT2D eigenvalue weighted by atomic mass is 32.2. The summed E-state index contributed by atoms with van der Waals surface area (Å²) in [5, 5.41) is 10.9. The van der Waals surface area contributed by atoms with E-state index in [2.05, 4.69) is 0 Å². The Kier molecular flexibility index (Phi) is 4.56. The number of rotatable bonds is 3. The van der Waals surface area contributed by atoms with Gasteiger partial charge in [-0.05, 0) is 35.0 Å². The molecule has 0 bridgehead atoms. The Morgan fingerprint density at radius 2 is 1.37 bits per heavy atom. The van der Waals surface area contributed by atoms with Crippen LogP contribution in [-0.2, 0) is 10.4 Å². The van der Waals surface area contributed by atoms with Crippen LogP contribution in [0.15, 0.2) is 95.9 Å². The lowest BCUT2D eigenvalue weighted by molar-refractivity contribution is -0.185. The summed E-state index contributed by atoms with van der Waals surface area (Å²) < 4.78 is 0. The molecule has 3 aromatic rings. The molecule has 5 heteroatoms. The minimum atomic E-state index is -1.75. The van der Waals surface area contributed by atoms with E-state index in [1.807, 2.05) is 66.7 Å². The zero-order valence-corrected chi connectivity index (χ0v) is 15.2. The molecule has 0 spiro atoms. The number of benzene rings is 3. The van der Waals surface area contributed by atoms with Gasteiger partial charge in [0.05, 0.1) is 0 Å². The van der Waals surface area contributed by atoms with E-state index in [1.165, 1.54) is 0 Å². The van der Waals surface area contributed by atoms with E-state index in [-0.39, 0.29) is 0 Å². The third-order valence-corrected chi connectivity index (χ3v) is 5.55. The van der Waals surface area contributed by atoms with E-state index >= 15 is 0 Å². The van der Waals surface area contributed by atoms with Gasteiger partial charge in [0.15, 0.2) is 5.60 Å². The topological polar surface area (TPSA) is 57.6 Å². The van der Waals surface area contributed by atoms with Gasteiger partial charge >= 0.3 is 0 Å².